The van der Waals surface area contributed by atoms with E-state index in [2.05, 4.69) is 0 Å². The van der Waals surface area contributed by atoms with E-state index in [4.69, 9.17) is 14.6 Å². The van der Waals surface area contributed by atoms with Crippen molar-refractivity contribution in [3.8, 4) is 5.75 Å². The summed E-state index contributed by atoms with van der Waals surface area (Å²) < 4.78 is 23.6. The number of aliphatic hydroxyl groups excluding tert-OH is 1. The van der Waals surface area contributed by atoms with Crippen LogP contribution >= 0.6 is 0 Å². The lowest BCUT2D eigenvalue weighted by Crippen LogP contribution is -2.13. The summed E-state index contributed by atoms with van der Waals surface area (Å²) in [6, 6.07) is 2.89. The molecule has 4 heteroatoms. The molecular weight excluding hydrogens is 199 g/mol. The van der Waals surface area contributed by atoms with Gasteiger partial charge >= 0.3 is 0 Å². The highest BCUT2D eigenvalue weighted by atomic mass is 19.1. The molecule has 1 aromatic rings. The van der Waals surface area contributed by atoms with E-state index in [-0.39, 0.29) is 19.2 Å². The van der Waals surface area contributed by atoms with Gasteiger partial charge in [0.05, 0.1) is 6.61 Å². The molecule has 0 amide bonds. The Kier molecular flexibility index (Phi) is 3.18. The highest BCUT2D eigenvalue weighted by Gasteiger charge is 2.16. The lowest BCUT2D eigenvalue weighted by Gasteiger charge is -2.20. The summed E-state index contributed by atoms with van der Waals surface area (Å²) >= 11 is 0. The fraction of sp³-hybridized carbons (Fsp3) is 0.455. The average molecular weight is 212 g/mol. The number of benzene rings is 1. The summed E-state index contributed by atoms with van der Waals surface area (Å²) in [5.41, 5.74) is 1.55. The number of aliphatic hydroxyl groups is 1. The van der Waals surface area contributed by atoms with Crippen LogP contribution in [0.5, 0.6) is 5.75 Å². The van der Waals surface area contributed by atoms with Crippen LogP contribution in [-0.4, -0.2) is 18.5 Å². The van der Waals surface area contributed by atoms with Crippen molar-refractivity contribution in [2.24, 2.45) is 0 Å². The van der Waals surface area contributed by atoms with Gasteiger partial charge in [0.2, 0.25) is 0 Å². The smallest absolute Gasteiger partial charge is 0.189 e. The molecule has 0 aliphatic carbocycles. The van der Waals surface area contributed by atoms with Crippen LogP contribution in [0.1, 0.15) is 17.5 Å². The quantitative estimate of drug-likeness (QED) is 0.827. The molecule has 2 rings (SSSR count). The standard InChI is InChI=1S/C11H13FO3/c12-10-4-8(2-1-3-13)11-9(5-10)6-14-7-15-11/h4-5,13H,1-3,6-7H2. The molecule has 0 saturated carbocycles. The van der Waals surface area contributed by atoms with E-state index in [1.807, 2.05) is 0 Å². The van der Waals surface area contributed by atoms with Gasteiger partial charge in [-0.3, -0.25) is 0 Å². The third-order valence-electron chi connectivity index (χ3n) is 2.36. The summed E-state index contributed by atoms with van der Waals surface area (Å²) in [5.74, 6) is 0.437. The predicted octanol–water partition coefficient (Wildman–Crippen LogP) is 1.62. The van der Waals surface area contributed by atoms with E-state index in [0.717, 1.165) is 16.9 Å². The van der Waals surface area contributed by atoms with Crippen molar-refractivity contribution in [3.63, 3.8) is 0 Å². The molecular formula is C11H13FO3. The molecule has 0 saturated heterocycles. The Hall–Kier alpha value is -1.13. The van der Waals surface area contributed by atoms with E-state index >= 15 is 0 Å². The number of hydrogen-bond acceptors (Lipinski definition) is 3. The first-order valence-electron chi connectivity index (χ1n) is 4.94. The minimum Gasteiger partial charge on any atom is -0.467 e. The maximum atomic E-state index is 13.2. The van der Waals surface area contributed by atoms with Gasteiger partial charge in [0, 0.05) is 12.2 Å². The van der Waals surface area contributed by atoms with Gasteiger partial charge in [0.1, 0.15) is 11.6 Å². The van der Waals surface area contributed by atoms with Crippen LogP contribution in [0.4, 0.5) is 4.39 Å². The number of fused-ring (bicyclic) bond motifs is 1. The van der Waals surface area contributed by atoms with Gasteiger partial charge in [-0.2, -0.15) is 0 Å². The normalized spacial score (nSPS) is 14.5. The molecule has 1 N–H and O–H groups in total. The fourth-order valence-corrected chi connectivity index (χ4v) is 1.71. The van der Waals surface area contributed by atoms with Crippen molar-refractivity contribution in [2.75, 3.05) is 13.4 Å². The van der Waals surface area contributed by atoms with Gasteiger partial charge in [-0.1, -0.05) is 0 Å². The van der Waals surface area contributed by atoms with Gasteiger partial charge < -0.3 is 14.6 Å². The van der Waals surface area contributed by atoms with Crippen LogP contribution < -0.4 is 4.74 Å². The number of rotatable bonds is 3. The van der Waals surface area contributed by atoms with Crippen molar-refractivity contribution in [1.82, 2.24) is 0 Å². The van der Waals surface area contributed by atoms with E-state index < -0.39 is 0 Å². The number of halogens is 1. The summed E-state index contributed by atoms with van der Waals surface area (Å²) in [6.45, 7) is 0.700. The van der Waals surface area contributed by atoms with Crippen LogP contribution in [-0.2, 0) is 17.8 Å². The van der Waals surface area contributed by atoms with Gasteiger partial charge in [-0.05, 0) is 30.5 Å². The second kappa shape index (κ2) is 4.59. The average Bonchev–Trinajstić information content (AvgIpc) is 2.25. The number of hydrogen-bond donors (Lipinski definition) is 1. The lowest BCUT2D eigenvalue weighted by atomic mass is 10.0. The SMILES string of the molecule is OCCCc1cc(F)cc2c1OCOC2. The van der Waals surface area contributed by atoms with Crippen LogP contribution in [0.25, 0.3) is 0 Å². The third-order valence-corrected chi connectivity index (χ3v) is 2.36. The van der Waals surface area contributed by atoms with Gasteiger partial charge in [-0.25, -0.2) is 4.39 Å². The zero-order chi connectivity index (χ0) is 10.7. The van der Waals surface area contributed by atoms with Gasteiger partial charge in [-0.15, -0.1) is 0 Å². The molecule has 0 unspecified atom stereocenters. The Bertz CT molecular complexity index is 352. The van der Waals surface area contributed by atoms with Crippen molar-refractivity contribution >= 4 is 0 Å². The van der Waals surface area contributed by atoms with Crippen LogP contribution in [0.2, 0.25) is 0 Å². The molecule has 15 heavy (non-hydrogen) atoms. The summed E-state index contributed by atoms with van der Waals surface area (Å²) in [7, 11) is 0. The summed E-state index contributed by atoms with van der Waals surface area (Å²) in [5, 5.41) is 8.74. The van der Waals surface area contributed by atoms with Crippen molar-refractivity contribution in [2.45, 2.75) is 19.4 Å². The molecule has 0 fully saturated rings. The first-order chi connectivity index (χ1) is 7.31. The minimum absolute atomic E-state index is 0.0990. The van der Waals surface area contributed by atoms with Crippen LogP contribution in [0, 0.1) is 5.82 Å². The lowest BCUT2D eigenvalue weighted by molar-refractivity contribution is -0.0173. The Morgan fingerprint density at radius 3 is 3.07 bits per heavy atom. The molecule has 0 radical (unpaired) electrons. The van der Waals surface area contributed by atoms with Crippen molar-refractivity contribution in [1.29, 1.82) is 0 Å². The molecule has 3 nitrogen and oxygen atoms in total. The Morgan fingerprint density at radius 1 is 1.40 bits per heavy atom. The highest BCUT2D eigenvalue weighted by molar-refractivity contribution is 5.42. The molecule has 1 aliphatic heterocycles. The summed E-state index contributed by atoms with van der Waals surface area (Å²) in [4.78, 5) is 0. The van der Waals surface area contributed by atoms with Gasteiger partial charge in [0.25, 0.3) is 0 Å². The predicted molar refractivity (Wildman–Crippen MR) is 52.1 cm³/mol. The van der Waals surface area contributed by atoms with E-state index in [1.54, 1.807) is 0 Å². The number of ether oxygens (including phenoxy) is 2. The summed E-state index contributed by atoms with van der Waals surface area (Å²) in [6.07, 6.45) is 1.23. The highest BCUT2D eigenvalue weighted by Crippen LogP contribution is 2.30. The zero-order valence-corrected chi connectivity index (χ0v) is 8.33. The van der Waals surface area contributed by atoms with Gasteiger partial charge in [0.15, 0.2) is 6.79 Å². The maximum Gasteiger partial charge on any atom is 0.189 e. The number of aryl methyl sites for hydroxylation is 1. The van der Waals surface area contributed by atoms with Crippen molar-refractivity contribution < 1.29 is 19.0 Å². The molecule has 1 aromatic carbocycles. The second-order valence-corrected chi connectivity index (χ2v) is 3.49. The fourth-order valence-electron chi connectivity index (χ4n) is 1.71. The minimum atomic E-state index is -0.282. The first kappa shape index (κ1) is 10.4. The zero-order valence-electron chi connectivity index (χ0n) is 8.33. The Balaban J connectivity index is 2.30. The monoisotopic (exact) mass is 212 g/mol. The molecule has 0 aromatic heterocycles. The molecule has 0 atom stereocenters. The Labute approximate surface area is 87.4 Å². The van der Waals surface area contributed by atoms with Crippen molar-refractivity contribution in [3.05, 3.63) is 29.1 Å². The molecule has 0 bridgehead atoms. The van der Waals surface area contributed by atoms with E-state index in [9.17, 15) is 4.39 Å². The topological polar surface area (TPSA) is 38.7 Å². The first-order valence-corrected chi connectivity index (χ1v) is 4.94. The molecule has 82 valence electrons. The Morgan fingerprint density at radius 2 is 2.27 bits per heavy atom. The molecule has 1 aliphatic rings. The molecule has 0 spiro atoms. The second-order valence-electron chi connectivity index (χ2n) is 3.49. The third kappa shape index (κ3) is 2.27. The van der Waals surface area contributed by atoms with Crippen LogP contribution in [0.15, 0.2) is 12.1 Å². The van der Waals surface area contributed by atoms with E-state index in [1.165, 1.54) is 12.1 Å². The van der Waals surface area contributed by atoms with E-state index in [0.29, 0.717) is 19.4 Å². The largest absolute Gasteiger partial charge is 0.467 e. The molecule has 1 heterocycles. The van der Waals surface area contributed by atoms with Crippen LogP contribution in [0.3, 0.4) is 0 Å². The maximum absolute atomic E-state index is 13.2.